The van der Waals surface area contributed by atoms with Gasteiger partial charge in [0.25, 0.3) is 0 Å². The van der Waals surface area contributed by atoms with Crippen LogP contribution < -0.4 is 5.32 Å². The van der Waals surface area contributed by atoms with Crippen molar-refractivity contribution in [2.24, 2.45) is 0 Å². The monoisotopic (exact) mass is 265 g/mol. The minimum Gasteiger partial charge on any atom is -0.481 e. The molecule has 0 radical (unpaired) electrons. The Balaban J connectivity index is 3.85. The summed E-state index contributed by atoms with van der Waals surface area (Å²) in [5.74, 6) is -2.01. The van der Waals surface area contributed by atoms with Crippen molar-refractivity contribution >= 4 is 23.5 Å². The topological polar surface area (TPSA) is 86.6 Å². The molecule has 0 aliphatic carbocycles. The minimum absolute atomic E-state index is 0.0430. The first-order valence-corrected chi connectivity index (χ1v) is 6.23. The van der Waals surface area contributed by atoms with Crippen LogP contribution in [-0.2, 0) is 9.59 Å². The molecule has 6 heteroatoms. The number of carbonyl (C=O) groups is 2. The van der Waals surface area contributed by atoms with E-state index in [0.717, 1.165) is 12.8 Å². The van der Waals surface area contributed by atoms with Gasteiger partial charge in [-0.25, -0.2) is 0 Å². The van der Waals surface area contributed by atoms with Crippen LogP contribution in [-0.4, -0.2) is 40.1 Å². The number of rotatable bonds is 10. The summed E-state index contributed by atoms with van der Waals surface area (Å²) < 4.78 is 0. The lowest BCUT2D eigenvalue weighted by Gasteiger charge is -2.14. The molecule has 0 aliphatic heterocycles. The van der Waals surface area contributed by atoms with Gasteiger partial charge in [-0.2, -0.15) is 0 Å². The highest BCUT2D eigenvalue weighted by Crippen LogP contribution is 2.09. The normalized spacial score (nSPS) is 14.2. The molecule has 0 rings (SSSR count). The Bertz CT molecular complexity index is 248. The molecule has 0 spiro atoms. The Hall–Kier alpha value is -0.810. The molecule has 0 heterocycles. The number of hydrogen-bond acceptors (Lipinski definition) is 3. The Morgan fingerprint density at radius 3 is 2.35 bits per heavy atom. The van der Waals surface area contributed by atoms with Crippen molar-refractivity contribution in [3.05, 3.63) is 0 Å². The van der Waals surface area contributed by atoms with Gasteiger partial charge in [-0.3, -0.25) is 9.59 Å². The van der Waals surface area contributed by atoms with Crippen molar-refractivity contribution < 1.29 is 19.8 Å². The van der Waals surface area contributed by atoms with Crippen molar-refractivity contribution in [2.75, 3.05) is 6.54 Å². The lowest BCUT2D eigenvalue weighted by molar-refractivity contribution is -0.140. The van der Waals surface area contributed by atoms with Gasteiger partial charge in [-0.05, 0) is 25.8 Å². The average molecular weight is 266 g/mol. The van der Waals surface area contributed by atoms with Gasteiger partial charge in [0.05, 0.1) is 0 Å². The highest BCUT2D eigenvalue weighted by molar-refractivity contribution is 6.20. The van der Waals surface area contributed by atoms with Crippen LogP contribution in [0.4, 0.5) is 0 Å². The maximum absolute atomic E-state index is 10.8. The molecular weight excluding hydrogens is 246 g/mol. The zero-order chi connectivity index (χ0) is 13.3. The lowest BCUT2D eigenvalue weighted by atomic mass is 10.1. The summed E-state index contributed by atoms with van der Waals surface area (Å²) in [6.07, 6.45) is 2.52. The van der Waals surface area contributed by atoms with E-state index in [9.17, 15) is 9.59 Å². The third-order valence-electron chi connectivity index (χ3n) is 2.40. The van der Waals surface area contributed by atoms with Crippen molar-refractivity contribution in [3.63, 3.8) is 0 Å². The molecule has 0 saturated heterocycles. The summed E-state index contributed by atoms with van der Waals surface area (Å²) in [6.45, 7) is 2.53. The number of alkyl halides is 1. The van der Waals surface area contributed by atoms with Gasteiger partial charge in [-0.1, -0.05) is 13.3 Å². The smallest absolute Gasteiger partial charge is 0.320 e. The molecule has 0 aliphatic rings. The Morgan fingerprint density at radius 1 is 1.24 bits per heavy atom. The van der Waals surface area contributed by atoms with Gasteiger partial charge in [0, 0.05) is 11.8 Å². The fourth-order valence-electron chi connectivity index (χ4n) is 1.45. The van der Waals surface area contributed by atoms with E-state index in [0.29, 0.717) is 13.0 Å². The number of nitrogens with one attached hydrogen (secondary N) is 1. The third kappa shape index (κ3) is 8.94. The Kier molecular flexibility index (Phi) is 8.80. The largest absolute Gasteiger partial charge is 0.481 e. The van der Waals surface area contributed by atoms with Gasteiger partial charge in [0.1, 0.15) is 6.04 Å². The number of aliphatic carboxylic acids is 2. The Morgan fingerprint density at radius 2 is 1.88 bits per heavy atom. The van der Waals surface area contributed by atoms with Crippen LogP contribution in [0.2, 0.25) is 0 Å². The number of carboxylic acids is 2. The summed E-state index contributed by atoms with van der Waals surface area (Å²) in [5.41, 5.74) is 0. The molecule has 0 amide bonds. The fraction of sp³-hybridized carbons (Fsp3) is 0.818. The second-order valence-corrected chi connectivity index (χ2v) is 4.57. The van der Waals surface area contributed by atoms with Crippen LogP contribution >= 0.6 is 11.6 Å². The predicted molar refractivity (Wildman–Crippen MR) is 65.5 cm³/mol. The number of hydrogen-bond donors (Lipinski definition) is 3. The van der Waals surface area contributed by atoms with E-state index in [-0.39, 0.29) is 18.2 Å². The SMILES string of the molecule is CCCC(Cl)CCN[C@@H](CCC(=O)O)C(=O)O. The van der Waals surface area contributed by atoms with E-state index in [1.165, 1.54) is 0 Å². The van der Waals surface area contributed by atoms with Crippen LogP contribution in [0.1, 0.15) is 39.0 Å². The van der Waals surface area contributed by atoms with Crippen LogP contribution in [0.3, 0.4) is 0 Å². The Labute approximate surface area is 106 Å². The fourth-order valence-corrected chi connectivity index (χ4v) is 1.78. The van der Waals surface area contributed by atoms with Crippen molar-refractivity contribution in [1.29, 1.82) is 0 Å². The van der Waals surface area contributed by atoms with E-state index in [1.807, 2.05) is 6.92 Å². The zero-order valence-electron chi connectivity index (χ0n) is 9.99. The van der Waals surface area contributed by atoms with Crippen LogP contribution in [0.5, 0.6) is 0 Å². The summed E-state index contributed by atoms with van der Waals surface area (Å²) in [5, 5.41) is 20.2. The molecule has 0 fully saturated rings. The van der Waals surface area contributed by atoms with Gasteiger partial charge in [0.2, 0.25) is 0 Å². The van der Waals surface area contributed by atoms with Crippen LogP contribution in [0.15, 0.2) is 0 Å². The standard InChI is InChI=1S/C11H20ClNO4/c1-2-3-8(12)6-7-13-9(11(16)17)4-5-10(14)15/h8-9,13H,2-7H2,1H3,(H,14,15)(H,16,17)/t8?,9-/m0/s1. The zero-order valence-corrected chi connectivity index (χ0v) is 10.7. The van der Waals surface area contributed by atoms with Gasteiger partial charge >= 0.3 is 11.9 Å². The first kappa shape index (κ1) is 16.2. The van der Waals surface area contributed by atoms with E-state index in [4.69, 9.17) is 21.8 Å². The highest BCUT2D eigenvalue weighted by Gasteiger charge is 2.18. The van der Waals surface area contributed by atoms with E-state index >= 15 is 0 Å². The highest BCUT2D eigenvalue weighted by atomic mass is 35.5. The van der Waals surface area contributed by atoms with Crippen LogP contribution in [0, 0.1) is 0 Å². The van der Waals surface area contributed by atoms with E-state index in [2.05, 4.69) is 5.32 Å². The third-order valence-corrected chi connectivity index (χ3v) is 2.83. The second kappa shape index (κ2) is 9.24. The maximum atomic E-state index is 10.8. The van der Waals surface area contributed by atoms with Crippen molar-refractivity contribution in [2.45, 2.75) is 50.4 Å². The average Bonchev–Trinajstić information content (AvgIpc) is 2.22. The van der Waals surface area contributed by atoms with Gasteiger partial charge < -0.3 is 15.5 Å². The van der Waals surface area contributed by atoms with E-state index < -0.39 is 18.0 Å². The molecular formula is C11H20ClNO4. The number of halogens is 1. The van der Waals surface area contributed by atoms with Gasteiger partial charge in [-0.15, -0.1) is 11.6 Å². The van der Waals surface area contributed by atoms with Gasteiger partial charge in [0.15, 0.2) is 0 Å². The molecule has 5 nitrogen and oxygen atoms in total. The predicted octanol–water partition coefficient (Wildman–Crippen LogP) is 1.69. The summed E-state index contributed by atoms with van der Waals surface area (Å²) in [7, 11) is 0. The van der Waals surface area contributed by atoms with Crippen LogP contribution in [0.25, 0.3) is 0 Å². The lowest BCUT2D eigenvalue weighted by Crippen LogP contribution is -2.38. The maximum Gasteiger partial charge on any atom is 0.320 e. The molecule has 0 saturated carbocycles. The molecule has 17 heavy (non-hydrogen) atoms. The molecule has 0 aromatic rings. The van der Waals surface area contributed by atoms with E-state index in [1.54, 1.807) is 0 Å². The summed E-state index contributed by atoms with van der Waals surface area (Å²) in [6, 6.07) is -0.809. The molecule has 3 N–H and O–H groups in total. The molecule has 1 unspecified atom stereocenters. The number of carboxylic acid groups (broad SMARTS) is 2. The second-order valence-electron chi connectivity index (χ2n) is 3.95. The summed E-state index contributed by atoms with van der Waals surface area (Å²) >= 11 is 5.99. The van der Waals surface area contributed by atoms with Crippen molar-refractivity contribution in [3.8, 4) is 0 Å². The molecule has 2 atom stereocenters. The minimum atomic E-state index is -1.02. The quantitative estimate of drug-likeness (QED) is 0.523. The first-order valence-electron chi connectivity index (χ1n) is 5.79. The van der Waals surface area contributed by atoms with Crippen molar-refractivity contribution in [1.82, 2.24) is 5.32 Å². The molecule has 100 valence electrons. The molecule has 0 bridgehead atoms. The molecule has 0 aromatic heterocycles. The first-order chi connectivity index (χ1) is 7.97. The molecule has 0 aromatic carbocycles. The summed E-state index contributed by atoms with van der Waals surface area (Å²) in [4.78, 5) is 21.2.